The Morgan fingerprint density at radius 1 is 1.06 bits per heavy atom. The molecule has 5 nitrogen and oxygen atoms in total. The second-order valence-corrected chi connectivity index (χ2v) is 9.07. The van der Waals surface area contributed by atoms with Crippen LogP contribution in [-0.4, -0.2) is 26.4 Å². The standard InChI is InChI=1S/C23H18BrClN4OS/c1-15-13-17(24)9-12-20(15)26-21(30)14-31-23-28-27-22(16-7-10-18(25)11-8-16)29(23)19-5-3-2-4-6-19/h2-13H,14H2,1H3,(H,26,30). The molecule has 1 amide bonds. The average Bonchev–Trinajstić information content (AvgIpc) is 3.19. The summed E-state index contributed by atoms with van der Waals surface area (Å²) < 4.78 is 2.93. The van der Waals surface area contributed by atoms with Crippen molar-refractivity contribution in [1.82, 2.24) is 14.8 Å². The SMILES string of the molecule is Cc1cc(Br)ccc1NC(=O)CSc1nnc(-c2ccc(Cl)cc2)n1-c1ccccc1. The molecule has 0 atom stereocenters. The van der Waals surface area contributed by atoms with E-state index >= 15 is 0 Å². The highest BCUT2D eigenvalue weighted by atomic mass is 79.9. The van der Waals surface area contributed by atoms with Gasteiger partial charge in [-0.3, -0.25) is 9.36 Å². The Hall–Kier alpha value is -2.61. The lowest BCUT2D eigenvalue weighted by molar-refractivity contribution is -0.113. The highest BCUT2D eigenvalue weighted by molar-refractivity contribution is 9.10. The molecule has 0 aliphatic heterocycles. The van der Waals surface area contributed by atoms with Crippen LogP contribution in [0.25, 0.3) is 17.1 Å². The third kappa shape index (κ3) is 5.18. The van der Waals surface area contributed by atoms with Gasteiger partial charge in [0, 0.05) is 26.4 Å². The molecule has 3 aromatic carbocycles. The van der Waals surface area contributed by atoms with E-state index in [1.807, 2.05) is 84.3 Å². The minimum atomic E-state index is -0.105. The summed E-state index contributed by atoms with van der Waals surface area (Å²) in [6.07, 6.45) is 0. The number of hydrogen-bond donors (Lipinski definition) is 1. The van der Waals surface area contributed by atoms with Gasteiger partial charge in [0.15, 0.2) is 11.0 Å². The predicted octanol–water partition coefficient (Wildman–Crippen LogP) is 6.39. The van der Waals surface area contributed by atoms with Gasteiger partial charge in [0.25, 0.3) is 0 Å². The van der Waals surface area contributed by atoms with Gasteiger partial charge in [0.1, 0.15) is 0 Å². The first-order valence-corrected chi connectivity index (χ1v) is 11.6. The molecule has 8 heteroatoms. The number of benzene rings is 3. The van der Waals surface area contributed by atoms with Gasteiger partial charge in [0.2, 0.25) is 5.91 Å². The van der Waals surface area contributed by atoms with Crippen molar-refractivity contribution in [2.24, 2.45) is 0 Å². The summed E-state index contributed by atoms with van der Waals surface area (Å²) in [6, 6.07) is 23.0. The molecule has 1 N–H and O–H groups in total. The number of nitrogens with one attached hydrogen (secondary N) is 1. The third-order valence-corrected chi connectivity index (χ3v) is 6.22. The Morgan fingerprint density at radius 2 is 1.81 bits per heavy atom. The Morgan fingerprint density at radius 3 is 2.52 bits per heavy atom. The highest BCUT2D eigenvalue weighted by Crippen LogP contribution is 2.29. The number of rotatable bonds is 6. The number of hydrogen-bond acceptors (Lipinski definition) is 4. The lowest BCUT2D eigenvalue weighted by Gasteiger charge is -2.11. The minimum Gasteiger partial charge on any atom is -0.325 e. The topological polar surface area (TPSA) is 59.8 Å². The number of carbonyl (C=O) groups is 1. The van der Waals surface area contributed by atoms with E-state index in [9.17, 15) is 4.79 Å². The molecule has 0 fully saturated rings. The Kier molecular flexibility index (Phi) is 6.75. The summed E-state index contributed by atoms with van der Waals surface area (Å²) in [5, 5.41) is 13.0. The van der Waals surface area contributed by atoms with Crippen molar-refractivity contribution >= 4 is 50.9 Å². The van der Waals surface area contributed by atoms with Crippen molar-refractivity contribution in [2.45, 2.75) is 12.1 Å². The van der Waals surface area contributed by atoms with Gasteiger partial charge in [-0.05, 0) is 67.1 Å². The van der Waals surface area contributed by atoms with Gasteiger partial charge < -0.3 is 5.32 Å². The van der Waals surface area contributed by atoms with Gasteiger partial charge in [-0.1, -0.05) is 57.5 Å². The maximum absolute atomic E-state index is 12.6. The number of amides is 1. The molecule has 0 bridgehead atoms. The zero-order chi connectivity index (χ0) is 21.8. The fourth-order valence-electron chi connectivity index (χ4n) is 3.04. The lowest BCUT2D eigenvalue weighted by Crippen LogP contribution is -2.15. The molecule has 0 saturated carbocycles. The van der Waals surface area contributed by atoms with Gasteiger partial charge in [-0.2, -0.15) is 0 Å². The largest absolute Gasteiger partial charge is 0.325 e. The Balaban J connectivity index is 1.58. The van der Waals surface area contributed by atoms with E-state index in [0.29, 0.717) is 16.0 Å². The molecule has 0 saturated heterocycles. The zero-order valence-corrected chi connectivity index (χ0v) is 19.7. The van der Waals surface area contributed by atoms with Gasteiger partial charge in [-0.15, -0.1) is 10.2 Å². The van der Waals surface area contributed by atoms with E-state index in [1.165, 1.54) is 11.8 Å². The minimum absolute atomic E-state index is 0.105. The fourth-order valence-corrected chi connectivity index (χ4v) is 4.40. The number of aromatic nitrogens is 3. The van der Waals surface area contributed by atoms with Crippen molar-refractivity contribution in [3.05, 3.63) is 87.9 Å². The van der Waals surface area contributed by atoms with E-state index in [0.717, 1.165) is 27.0 Å². The summed E-state index contributed by atoms with van der Waals surface area (Å²) in [5.74, 6) is 0.793. The van der Waals surface area contributed by atoms with Crippen molar-refractivity contribution in [1.29, 1.82) is 0 Å². The van der Waals surface area contributed by atoms with Crippen molar-refractivity contribution < 1.29 is 4.79 Å². The number of halogens is 2. The first-order valence-electron chi connectivity index (χ1n) is 9.47. The van der Waals surface area contributed by atoms with E-state index in [1.54, 1.807) is 0 Å². The fraction of sp³-hybridized carbons (Fsp3) is 0.0870. The molecule has 0 radical (unpaired) electrons. The molecule has 31 heavy (non-hydrogen) atoms. The molecular weight excluding hydrogens is 496 g/mol. The van der Waals surface area contributed by atoms with Gasteiger partial charge >= 0.3 is 0 Å². The zero-order valence-electron chi connectivity index (χ0n) is 16.5. The van der Waals surface area contributed by atoms with Crippen LogP contribution in [0.4, 0.5) is 5.69 Å². The molecule has 0 spiro atoms. The number of thioether (sulfide) groups is 1. The van der Waals surface area contributed by atoms with Crippen LogP contribution in [0, 0.1) is 6.92 Å². The van der Waals surface area contributed by atoms with Crippen LogP contribution in [0.2, 0.25) is 5.02 Å². The average molecular weight is 514 g/mol. The summed E-state index contributed by atoms with van der Waals surface area (Å²) in [6.45, 7) is 1.96. The smallest absolute Gasteiger partial charge is 0.234 e. The van der Waals surface area contributed by atoms with Crippen LogP contribution in [0.3, 0.4) is 0 Å². The van der Waals surface area contributed by atoms with Crippen LogP contribution in [0.15, 0.2) is 82.4 Å². The molecular formula is C23H18BrClN4OS. The van der Waals surface area contributed by atoms with Crippen molar-refractivity contribution in [3.8, 4) is 17.1 Å². The van der Waals surface area contributed by atoms with Crippen LogP contribution in [0.1, 0.15) is 5.56 Å². The molecule has 1 heterocycles. The number of carbonyl (C=O) groups excluding carboxylic acids is 1. The summed E-state index contributed by atoms with van der Waals surface area (Å²) >= 11 is 10.8. The molecule has 0 aliphatic carbocycles. The number of nitrogens with zero attached hydrogens (tertiary/aromatic N) is 3. The van der Waals surface area contributed by atoms with E-state index in [2.05, 4.69) is 31.4 Å². The second kappa shape index (κ2) is 9.68. The number of aryl methyl sites for hydroxylation is 1. The molecule has 156 valence electrons. The van der Waals surface area contributed by atoms with Crippen molar-refractivity contribution in [3.63, 3.8) is 0 Å². The normalized spacial score (nSPS) is 10.8. The monoisotopic (exact) mass is 512 g/mol. The Labute approximate surface area is 198 Å². The highest BCUT2D eigenvalue weighted by Gasteiger charge is 2.17. The molecule has 0 aliphatic rings. The second-order valence-electron chi connectivity index (χ2n) is 6.78. The van der Waals surface area contributed by atoms with Gasteiger partial charge in [0.05, 0.1) is 5.75 Å². The summed E-state index contributed by atoms with van der Waals surface area (Å²) in [7, 11) is 0. The number of para-hydroxylation sites is 1. The predicted molar refractivity (Wildman–Crippen MR) is 130 cm³/mol. The third-order valence-electron chi connectivity index (χ3n) is 4.55. The maximum Gasteiger partial charge on any atom is 0.234 e. The van der Waals surface area contributed by atoms with E-state index in [-0.39, 0.29) is 11.7 Å². The Bertz CT molecular complexity index is 1210. The lowest BCUT2D eigenvalue weighted by atomic mass is 10.2. The van der Waals surface area contributed by atoms with E-state index < -0.39 is 0 Å². The first kappa shape index (κ1) is 21.6. The molecule has 0 unspecified atom stereocenters. The quantitative estimate of drug-likeness (QED) is 0.304. The van der Waals surface area contributed by atoms with Gasteiger partial charge in [-0.25, -0.2) is 0 Å². The van der Waals surface area contributed by atoms with Crippen LogP contribution in [0.5, 0.6) is 0 Å². The van der Waals surface area contributed by atoms with Crippen LogP contribution < -0.4 is 5.32 Å². The maximum atomic E-state index is 12.6. The van der Waals surface area contributed by atoms with Crippen LogP contribution >= 0.6 is 39.3 Å². The number of anilines is 1. The molecule has 4 rings (SSSR count). The van der Waals surface area contributed by atoms with E-state index in [4.69, 9.17) is 11.6 Å². The van der Waals surface area contributed by atoms with Crippen molar-refractivity contribution in [2.75, 3.05) is 11.1 Å². The summed E-state index contributed by atoms with van der Waals surface area (Å²) in [4.78, 5) is 12.6. The molecule has 4 aromatic rings. The van der Waals surface area contributed by atoms with Crippen LogP contribution in [-0.2, 0) is 4.79 Å². The first-order chi connectivity index (χ1) is 15.0. The molecule has 1 aromatic heterocycles. The summed E-state index contributed by atoms with van der Waals surface area (Å²) in [5.41, 5.74) is 3.59.